The number of aliphatic hydroxyl groups is 2. The van der Waals surface area contributed by atoms with Gasteiger partial charge in [0, 0.05) is 85.4 Å². The van der Waals surface area contributed by atoms with Gasteiger partial charge in [-0.25, -0.2) is 4.79 Å². The highest BCUT2D eigenvalue weighted by molar-refractivity contribution is 5.95. The molecule has 0 radical (unpaired) electrons. The average Bonchev–Trinajstić information content (AvgIpc) is 3.90. The highest BCUT2D eigenvalue weighted by Gasteiger charge is 2.81. The monoisotopic (exact) mass is 810 g/mol. The number of nitrogens with zero attached hydrogens (tertiary/aromatic N) is 3. The van der Waals surface area contributed by atoms with Gasteiger partial charge in [-0.05, 0) is 79.8 Å². The molecule has 2 aromatic carbocycles. The second kappa shape index (κ2) is 13.8. The van der Waals surface area contributed by atoms with E-state index in [1.54, 1.807) is 7.11 Å². The molecule has 6 aliphatic rings. The van der Waals surface area contributed by atoms with Crippen LogP contribution in [0, 0.1) is 11.3 Å². The molecule has 6 heterocycles. The van der Waals surface area contributed by atoms with Gasteiger partial charge in [0.1, 0.15) is 11.2 Å². The number of aromatic amines is 1. The van der Waals surface area contributed by atoms with Crippen molar-refractivity contribution in [3.8, 4) is 5.75 Å². The molecule has 13 nitrogen and oxygen atoms in total. The van der Waals surface area contributed by atoms with Crippen LogP contribution in [0.2, 0.25) is 0 Å². The van der Waals surface area contributed by atoms with Crippen molar-refractivity contribution in [1.82, 2.24) is 14.8 Å². The number of hydrogen-bond donors (Lipinski definition) is 3. The molecule has 13 heteroatoms. The Morgan fingerprint density at radius 3 is 2.42 bits per heavy atom. The summed E-state index contributed by atoms with van der Waals surface area (Å²) in [6, 6.07) is 10.7. The van der Waals surface area contributed by atoms with E-state index < -0.39 is 57.5 Å². The van der Waals surface area contributed by atoms with Gasteiger partial charge in [-0.2, -0.15) is 0 Å². The Bertz CT molecular complexity index is 2260. The second-order valence-electron chi connectivity index (χ2n) is 18.2. The summed E-state index contributed by atoms with van der Waals surface area (Å²) in [4.78, 5) is 53.8. The first kappa shape index (κ1) is 40.0. The Labute approximate surface area is 345 Å². The number of benzene rings is 2. The maximum atomic E-state index is 15.6. The molecule has 2 bridgehead atoms. The zero-order valence-corrected chi connectivity index (χ0v) is 35.3. The molecule has 1 spiro atoms. The smallest absolute Gasteiger partial charge is 0.344 e. The first-order chi connectivity index (χ1) is 28.2. The number of nitrogens with one attached hydrogen (secondary N) is 1. The van der Waals surface area contributed by atoms with Gasteiger partial charge in [0.15, 0.2) is 6.10 Å². The largest absolute Gasteiger partial charge is 0.497 e. The van der Waals surface area contributed by atoms with Gasteiger partial charge in [-0.3, -0.25) is 19.4 Å². The summed E-state index contributed by atoms with van der Waals surface area (Å²) in [7, 11) is 6.15. The van der Waals surface area contributed by atoms with E-state index in [4.69, 9.17) is 18.9 Å². The number of anilines is 1. The number of carbonyl (C=O) groups excluding carboxylic acids is 3. The number of aromatic nitrogens is 1. The normalized spacial score (nSPS) is 37.0. The van der Waals surface area contributed by atoms with Crippen LogP contribution in [0.3, 0.4) is 0 Å². The van der Waals surface area contributed by atoms with Gasteiger partial charge in [-0.15, -0.1) is 0 Å². The molecule has 1 aromatic heterocycles. The number of fused-ring (bicyclic) bond motifs is 6. The lowest BCUT2D eigenvalue weighted by molar-refractivity contribution is -0.228. The Balaban J connectivity index is 1.42. The maximum Gasteiger partial charge on any atom is 0.344 e. The zero-order chi connectivity index (χ0) is 41.9. The number of H-pyrrole nitrogens is 1. The quantitative estimate of drug-likeness (QED) is 0.180. The topological polar surface area (TPSA) is 154 Å². The van der Waals surface area contributed by atoms with E-state index in [0.717, 1.165) is 27.7 Å². The van der Waals surface area contributed by atoms with Crippen LogP contribution in [-0.2, 0) is 45.8 Å². The van der Waals surface area contributed by atoms with Gasteiger partial charge in [-0.1, -0.05) is 44.2 Å². The molecule has 1 aliphatic carbocycles. The number of methoxy groups -OCH3 is 3. The molecule has 5 unspecified atom stereocenters. The van der Waals surface area contributed by atoms with Crippen molar-refractivity contribution in [2.24, 2.45) is 11.3 Å². The first-order valence-corrected chi connectivity index (χ1v) is 21.2. The minimum Gasteiger partial charge on any atom is -0.497 e. The zero-order valence-electron chi connectivity index (χ0n) is 35.3. The molecule has 3 fully saturated rings. The number of hydrogen-bond acceptors (Lipinski definition) is 12. The number of likely N-dealkylation sites (N-methyl/N-ethyl adjacent to an activating group) is 1. The van der Waals surface area contributed by atoms with Crippen LogP contribution < -0.4 is 9.64 Å². The number of para-hydroxylation sites is 1. The molecule has 0 amide bonds. The van der Waals surface area contributed by atoms with Gasteiger partial charge in [0.25, 0.3) is 0 Å². The van der Waals surface area contributed by atoms with Crippen molar-refractivity contribution in [2.45, 2.75) is 99.5 Å². The van der Waals surface area contributed by atoms with E-state index in [1.807, 2.05) is 62.2 Å². The molecule has 59 heavy (non-hydrogen) atoms. The van der Waals surface area contributed by atoms with Crippen LogP contribution in [-0.4, -0.2) is 133 Å². The lowest BCUT2D eigenvalue weighted by atomic mass is 9.46. The Hall–Kier alpha value is -4.43. The fourth-order valence-corrected chi connectivity index (χ4v) is 13.6. The molecule has 9 rings (SSSR count). The third-order valence-corrected chi connectivity index (χ3v) is 15.6. The fourth-order valence-electron chi connectivity index (χ4n) is 13.6. The average molecular weight is 811 g/mol. The summed E-state index contributed by atoms with van der Waals surface area (Å²) in [5.41, 5.74) is -1.94. The van der Waals surface area contributed by atoms with Crippen molar-refractivity contribution in [3.05, 3.63) is 70.9 Å². The summed E-state index contributed by atoms with van der Waals surface area (Å²) in [6.07, 6.45) is 5.77. The maximum absolute atomic E-state index is 15.6. The van der Waals surface area contributed by atoms with Crippen LogP contribution in [0.4, 0.5) is 5.69 Å². The van der Waals surface area contributed by atoms with E-state index in [1.165, 1.54) is 21.1 Å². The van der Waals surface area contributed by atoms with Crippen LogP contribution in [0.25, 0.3) is 10.9 Å². The molecule has 10 atom stereocenters. The number of ether oxygens (including phenoxy) is 4. The van der Waals surface area contributed by atoms with Crippen molar-refractivity contribution in [1.29, 1.82) is 0 Å². The Morgan fingerprint density at radius 1 is 0.966 bits per heavy atom. The Morgan fingerprint density at radius 2 is 1.73 bits per heavy atom. The number of carbonyl (C=O) groups is 3. The van der Waals surface area contributed by atoms with Gasteiger partial charge in [0.2, 0.25) is 5.60 Å². The second-order valence-corrected chi connectivity index (χ2v) is 18.2. The molecule has 316 valence electrons. The van der Waals surface area contributed by atoms with Crippen LogP contribution in [0.1, 0.15) is 75.3 Å². The lowest BCUT2D eigenvalue weighted by Crippen LogP contribution is -2.81. The molecule has 5 aliphatic heterocycles. The van der Waals surface area contributed by atoms with Gasteiger partial charge in [0.05, 0.1) is 33.0 Å². The molecule has 3 N–H and O–H groups in total. The summed E-state index contributed by atoms with van der Waals surface area (Å²) in [5.74, 6) is -1.58. The van der Waals surface area contributed by atoms with E-state index in [9.17, 15) is 19.8 Å². The van der Waals surface area contributed by atoms with E-state index in [2.05, 4.69) is 26.9 Å². The van der Waals surface area contributed by atoms with Gasteiger partial charge < -0.3 is 39.0 Å². The minimum absolute atomic E-state index is 0.126. The molecule has 3 aromatic rings. The van der Waals surface area contributed by atoms with Crippen molar-refractivity contribution < 1.29 is 43.5 Å². The van der Waals surface area contributed by atoms with E-state index in [0.29, 0.717) is 88.2 Å². The highest BCUT2D eigenvalue weighted by Crippen LogP contribution is 2.69. The molecular weight excluding hydrogens is 753 g/mol. The predicted octanol–water partition coefficient (Wildman–Crippen LogP) is 3.99. The van der Waals surface area contributed by atoms with Crippen molar-refractivity contribution >= 4 is 34.5 Å². The van der Waals surface area contributed by atoms with E-state index in [-0.39, 0.29) is 12.0 Å². The summed E-state index contributed by atoms with van der Waals surface area (Å²) in [6.45, 7) is 8.52. The van der Waals surface area contributed by atoms with E-state index >= 15 is 4.79 Å². The van der Waals surface area contributed by atoms with Gasteiger partial charge >= 0.3 is 17.9 Å². The highest BCUT2D eigenvalue weighted by atomic mass is 16.6. The predicted molar refractivity (Wildman–Crippen MR) is 220 cm³/mol. The minimum atomic E-state index is -2.35. The number of esters is 3. The van der Waals surface area contributed by atoms with Crippen molar-refractivity contribution in [2.75, 3.05) is 66.0 Å². The third kappa shape index (κ3) is 5.20. The first-order valence-electron chi connectivity index (χ1n) is 21.2. The van der Waals surface area contributed by atoms with Crippen LogP contribution >= 0.6 is 0 Å². The van der Waals surface area contributed by atoms with Crippen LogP contribution in [0.5, 0.6) is 5.75 Å². The standard InChI is InChI=1S/C46H58N4O9/c1-8-42(54)23-28-24-45(40(52)57-6,36-31(15-19-49(25-28)26-42)30-13-10-11-14-33(30)47-36)32-21-29(56-5)22-34-35(32)44-17-20-50-18-12-16-43(9-2,37(44)50)39(59-27(3)51)46(55,41(53)58-7)38(44)48(34)4/h10-14,16,21-22,28,37-39,47,54-55H,8-9,15,17-20,23-26H2,1-7H3/t28?,37?,38?,39-,42+,43-,44?,45+,46+/m1/s1. The van der Waals surface area contributed by atoms with Crippen LogP contribution in [0.15, 0.2) is 48.6 Å². The molecular formula is C46H58N4O9. The summed E-state index contributed by atoms with van der Waals surface area (Å²) < 4.78 is 23.9. The lowest BCUT2D eigenvalue weighted by Gasteiger charge is -2.63. The van der Waals surface area contributed by atoms with Crippen molar-refractivity contribution in [3.63, 3.8) is 0 Å². The number of piperidine rings is 1. The molecule has 2 saturated heterocycles. The Kier molecular flexibility index (Phi) is 9.36. The summed E-state index contributed by atoms with van der Waals surface area (Å²) >= 11 is 0. The number of rotatable bonds is 7. The molecule has 1 saturated carbocycles. The summed E-state index contributed by atoms with van der Waals surface area (Å²) in [5, 5.41) is 26.6. The third-order valence-electron chi connectivity index (χ3n) is 15.6. The SMILES string of the molecule is CC[C@]1(O)CC2CN(CCc3c([nH]c4ccccc34)[C@@](C(=O)OC)(c3cc(OC)cc4c3C35CCN6CC=C[C@](CC)(C63)[C@@H](OC(C)=O)[C@](O)(C(=O)OC)C5N4C)C2)C1. The fraction of sp³-hybridized carbons (Fsp3) is 0.587.